The molecule has 0 aliphatic rings. The molecule has 3 rings (SSSR count). The van der Waals surface area contributed by atoms with Crippen LogP contribution in [0.15, 0.2) is 47.2 Å². The number of rotatable bonds is 3. The van der Waals surface area contributed by atoms with Gasteiger partial charge in [-0.05, 0) is 36.4 Å². The zero-order valence-corrected chi connectivity index (χ0v) is 12.7. The Balaban J connectivity index is 2.27. The molecule has 0 radical (unpaired) electrons. The third kappa shape index (κ3) is 2.38. The van der Waals surface area contributed by atoms with Crippen molar-refractivity contribution in [2.24, 2.45) is 0 Å². The van der Waals surface area contributed by atoms with Crippen LogP contribution in [0.5, 0.6) is 5.75 Å². The van der Waals surface area contributed by atoms with Crippen LogP contribution in [0.2, 0.25) is 0 Å². The second-order valence-electron chi connectivity index (χ2n) is 4.44. The van der Waals surface area contributed by atoms with E-state index in [0.717, 1.165) is 15.7 Å². The molecule has 6 heteroatoms. The Morgan fingerprint density at radius 3 is 2.81 bits per heavy atom. The predicted octanol–water partition coefficient (Wildman–Crippen LogP) is 3.49. The Kier molecular flexibility index (Phi) is 3.39. The van der Waals surface area contributed by atoms with Gasteiger partial charge < -0.3 is 9.84 Å². The lowest BCUT2D eigenvalue weighted by molar-refractivity contribution is 0.0697. The van der Waals surface area contributed by atoms with Crippen molar-refractivity contribution in [3.8, 4) is 11.4 Å². The maximum atomic E-state index is 11.1. The third-order valence-electron chi connectivity index (χ3n) is 3.19. The molecule has 106 valence electrons. The van der Waals surface area contributed by atoms with Crippen molar-refractivity contribution in [3.63, 3.8) is 0 Å². The molecule has 0 saturated carbocycles. The summed E-state index contributed by atoms with van der Waals surface area (Å²) in [7, 11) is 1.59. The molecule has 2 aromatic carbocycles. The quantitative estimate of drug-likeness (QED) is 0.788. The van der Waals surface area contributed by atoms with Crippen molar-refractivity contribution >= 4 is 32.9 Å². The Bertz CT molecular complexity index is 842. The molecule has 0 aliphatic heterocycles. The minimum absolute atomic E-state index is 0.221. The lowest BCUT2D eigenvalue weighted by atomic mass is 10.2. The van der Waals surface area contributed by atoms with Crippen molar-refractivity contribution in [1.82, 2.24) is 9.55 Å². The zero-order valence-electron chi connectivity index (χ0n) is 11.1. The van der Waals surface area contributed by atoms with E-state index in [0.29, 0.717) is 11.3 Å². The van der Waals surface area contributed by atoms with Crippen LogP contribution in [0, 0.1) is 0 Å². The molecule has 0 saturated heterocycles. The number of benzene rings is 2. The summed E-state index contributed by atoms with van der Waals surface area (Å²) in [5.74, 6) is -0.288. The highest BCUT2D eigenvalue weighted by molar-refractivity contribution is 9.10. The van der Waals surface area contributed by atoms with Crippen LogP contribution in [0.4, 0.5) is 0 Å². The first-order valence-corrected chi connectivity index (χ1v) is 6.94. The maximum Gasteiger partial charge on any atom is 0.335 e. The van der Waals surface area contributed by atoms with Gasteiger partial charge >= 0.3 is 5.97 Å². The van der Waals surface area contributed by atoms with E-state index in [2.05, 4.69) is 20.9 Å². The fourth-order valence-corrected chi connectivity index (χ4v) is 2.53. The van der Waals surface area contributed by atoms with Gasteiger partial charge in [0.2, 0.25) is 0 Å². The lowest BCUT2D eigenvalue weighted by Crippen LogP contribution is -1.99. The zero-order chi connectivity index (χ0) is 15.0. The standard InChI is InChI=1S/C15H11BrN2O3/c1-21-14-5-3-10(16)7-13(14)18-8-17-11-4-2-9(15(19)20)6-12(11)18/h2-8H,1H3,(H,19,20). The van der Waals surface area contributed by atoms with E-state index in [1.165, 1.54) is 0 Å². The highest BCUT2D eigenvalue weighted by Gasteiger charge is 2.12. The van der Waals surface area contributed by atoms with Crippen molar-refractivity contribution in [2.45, 2.75) is 0 Å². The van der Waals surface area contributed by atoms with Crippen molar-refractivity contribution in [1.29, 1.82) is 0 Å². The van der Waals surface area contributed by atoms with Gasteiger partial charge in [-0.15, -0.1) is 0 Å². The number of carboxylic acids is 1. The van der Waals surface area contributed by atoms with Crippen LogP contribution in [-0.4, -0.2) is 27.7 Å². The molecule has 21 heavy (non-hydrogen) atoms. The normalized spacial score (nSPS) is 10.8. The minimum atomic E-state index is -0.967. The second kappa shape index (κ2) is 5.21. The number of hydrogen-bond donors (Lipinski definition) is 1. The van der Waals surface area contributed by atoms with E-state index in [-0.39, 0.29) is 5.56 Å². The van der Waals surface area contributed by atoms with Gasteiger partial charge in [0.05, 0.1) is 29.4 Å². The van der Waals surface area contributed by atoms with E-state index < -0.39 is 5.97 Å². The molecule has 1 aromatic heterocycles. The molecule has 0 aliphatic carbocycles. The van der Waals surface area contributed by atoms with E-state index in [9.17, 15) is 4.79 Å². The largest absolute Gasteiger partial charge is 0.495 e. The summed E-state index contributed by atoms with van der Waals surface area (Å²) in [5.41, 5.74) is 2.45. The average molecular weight is 347 g/mol. The average Bonchev–Trinajstić information content (AvgIpc) is 2.89. The number of nitrogens with zero attached hydrogens (tertiary/aromatic N) is 2. The molecule has 0 atom stereocenters. The summed E-state index contributed by atoms with van der Waals surface area (Å²) in [6.07, 6.45) is 1.65. The number of carboxylic acid groups (broad SMARTS) is 1. The fourth-order valence-electron chi connectivity index (χ4n) is 2.18. The Morgan fingerprint density at radius 2 is 2.10 bits per heavy atom. The van der Waals surface area contributed by atoms with Gasteiger partial charge in [-0.2, -0.15) is 0 Å². The van der Waals surface area contributed by atoms with Gasteiger partial charge in [0.25, 0.3) is 0 Å². The van der Waals surface area contributed by atoms with E-state index in [1.807, 2.05) is 22.8 Å². The molecule has 1 heterocycles. The van der Waals surface area contributed by atoms with Crippen molar-refractivity contribution < 1.29 is 14.6 Å². The van der Waals surface area contributed by atoms with Gasteiger partial charge in [0.1, 0.15) is 12.1 Å². The van der Waals surface area contributed by atoms with E-state index in [1.54, 1.807) is 31.6 Å². The van der Waals surface area contributed by atoms with Crippen molar-refractivity contribution in [2.75, 3.05) is 7.11 Å². The first-order chi connectivity index (χ1) is 10.1. The Labute approximate surface area is 128 Å². The van der Waals surface area contributed by atoms with Crippen LogP contribution in [0.1, 0.15) is 10.4 Å². The number of carbonyl (C=O) groups is 1. The molecule has 1 N–H and O–H groups in total. The third-order valence-corrected chi connectivity index (χ3v) is 3.69. The molecule has 0 fully saturated rings. The smallest absolute Gasteiger partial charge is 0.335 e. The van der Waals surface area contributed by atoms with Gasteiger partial charge in [-0.3, -0.25) is 4.57 Å². The van der Waals surface area contributed by atoms with E-state index >= 15 is 0 Å². The van der Waals surface area contributed by atoms with Crippen LogP contribution in [0.3, 0.4) is 0 Å². The highest BCUT2D eigenvalue weighted by atomic mass is 79.9. The molecule has 0 spiro atoms. The number of imidazole rings is 1. The van der Waals surface area contributed by atoms with E-state index in [4.69, 9.17) is 9.84 Å². The van der Waals surface area contributed by atoms with Gasteiger partial charge in [0.15, 0.2) is 0 Å². The van der Waals surface area contributed by atoms with Gasteiger partial charge in [0, 0.05) is 4.47 Å². The first kappa shape index (κ1) is 13.6. The maximum absolute atomic E-state index is 11.1. The van der Waals surface area contributed by atoms with Crippen LogP contribution >= 0.6 is 15.9 Å². The number of aromatic carboxylic acids is 1. The molecule has 0 amide bonds. The topological polar surface area (TPSA) is 64.4 Å². The molecule has 5 nitrogen and oxygen atoms in total. The van der Waals surface area contributed by atoms with Crippen LogP contribution < -0.4 is 4.74 Å². The summed E-state index contributed by atoms with van der Waals surface area (Å²) >= 11 is 3.43. The molecular formula is C15H11BrN2O3. The summed E-state index contributed by atoms with van der Waals surface area (Å²) < 4.78 is 8.07. The first-order valence-electron chi connectivity index (χ1n) is 6.14. The summed E-state index contributed by atoms with van der Waals surface area (Å²) in [4.78, 5) is 15.4. The minimum Gasteiger partial charge on any atom is -0.495 e. The Hall–Kier alpha value is -2.34. The number of methoxy groups -OCH3 is 1. The number of fused-ring (bicyclic) bond motifs is 1. The molecule has 0 bridgehead atoms. The summed E-state index contributed by atoms with van der Waals surface area (Å²) in [6, 6.07) is 10.5. The molecule has 3 aromatic rings. The number of aromatic nitrogens is 2. The fraction of sp³-hybridized carbons (Fsp3) is 0.0667. The predicted molar refractivity (Wildman–Crippen MR) is 82.3 cm³/mol. The lowest BCUT2D eigenvalue weighted by Gasteiger charge is -2.11. The molecule has 0 unspecified atom stereocenters. The number of ether oxygens (including phenoxy) is 1. The van der Waals surface area contributed by atoms with Gasteiger partial charge in [-0.25, -0.2) is 9.78 Å². The number of hydrogen-bond acceptors (Lipinski definition) is 3. The second-order valence-corrected chi connectivity index (χ2v) is 5.36. The van der Waals surface area contributed by atoms with Crippen LogP contribution in [0.25, 0.3) is 16.7 Å². The monoisotopic (exact) mass is 346 g/mol. The highest BCUT2D eigenvalue weighted by Crippen LogP contribution is 2.29. The Morgan fingerprint density at radius 1 is 1.29 bits per heavy atom. The number of halogens is 1. The summed E-state index contributed by atoms with van der Waals surface area (Å²) in [5, 5.41) is 9.13. The van der Waals surface area contributed by atoms with Gasteiger partial charge in [-0.1, -0.05) is 15.9 Å². The molecular weight excluding hydrogens is 336 g/mol. The van der Waals surface area contributed by atoms with Crippen LogP contribution in [-0.2, 0) is 0 Å². The van der Waals surface area contributed by atoms with Crippen molar-refractivity contribution in [3.05, 3.63) is 52.8 Å². The SMILES string of the molecule is COc1ccc(Br)cc1-n1cnc2ccc(C(=O)O)cc21. The summed E-state index contributed by atoms with van der Waals surface area (Å²) in [6.45, 7) is 0.